The van der Waals surface area contributed by atoms with E-state index in [1.54, 1.807) is 11.6 Å². The zero-order valence-corrected chi connectivity index (χ0v) is 6.96. The van der Waals surface area contributed by atoms with Crippen molar-refractivity contribution in [3.63, 3.8) is 0 Å². The smallest absolute Gasteiger partial charge is 0.280 e. The molecule has 6 heteroatoms. The van der Waals surface area contributed by atoms with Gasteiger partial charge in [-0.15, -0.1) is 0 Å². The van der Waals surface area contributed by atoms with Gasteiger partial charge in [0.05, 0.1) is 6.33 Å². The number of hydrogen-bond donors (Lipinski definition) is 1. The third kappa shape index (κ3) is 0.902. The molecular formula is C6H5ClN4O. The summed E-state index contributed by atoms with van der Waals surface area (Å²) in [5.74, 6) is 0. The molecule has 5 nitrogen and oxygen atoms in total. The third-order valence-corrected chi connectivity index (χ3v) is 1.72. The highest BCUT2D eigenvalue weighted by Gasteiger charge is 2.05. The van der Waals surface area contributed by atoms with Gasteiger partial charge >= 0.3 is 0 Å². The first kappa shape index (κ1) is 7.30. The van der Waals surface area contributed by atoms with E-state index in [2.05, 4.69) is 15.0 Å². The van der Waals surface area contributed by atoms with E-state index < -0.39 is 0 Å². The molecule has 2 heterocycles. The minimum Gasteiger partial charge on any atom is -0.318 e. The van der Waals surface area contributed by atoms with E-state index in [0.717, 1.165) is 0 Å². The van der Waals surface area contributed by atoms with Crippen LogP contribution >= 0.6 is 11.6 Å². The van der Waals surface area contributed by atoms with E-state index in [1.807, 2.05) is 0 Å². The summed E-state index contributed by atoms with van der Waals surface area (Å²) in [7, 11) is 1.75. The number of H-pyrrole nitrogens is 1. The quantitative estimate of drug-likeness (QED) is 0.600. The Hall–Kier alpha value is -1.36. The van der Waals surface area contributed by atoms with Gasteiger partial charge in [-0.2, -0.15) is 4.98 Å². The van der Waals surface area contributed by atoms with Crippen molar-refractivity contribution >= 4 is 22.8 Å². The van der Waals surface area contributed by atoms with Crippen molar-refractivity contribution in [1.82, 2.24) is 19.5 Å². The molecule has 0 saturated carbocycles. The van der Waals surface area contributed by atoms with Crippen LogP contribution < -0.4 is 5.56 Å². The summed E-state index contributed by atoms with van der Waals surface area (Å²) in [6.45, 7) is 0. The van der Waals surface area contributed by atoms with E-state index in [1.165, 1.54) is 6.33 Å². The van der Waals surface area contributed by atoms with E-state index in [-0.39, 0.29) is 10.8 Å². The molecule has 0 unspecified atom stereocenters. The Balaban J connectivity index is 3.03. The summed E-state index contributed by atoms with van der Waals surface area (Å²) in [5, 5.41) is 0.0797. The molecule has 62 valence electrons. The van der Waals surface area contributed by atoms with Crippen molar-refractivity contribution in [1.29, 1.82) is 0 Å². The second-order valence-corrected chi connectivity index (χ2v) is 2.74. The highest BCUT2D eigenvalue weighted by Crippen LogP contribution is 2.05. The molecule has 0 aliphatic heterocycles. The topological polar surface area (TPSA) is 63.6 Å². The predicted molar refractivity (Wildman–Crippen MR) is 44.1 cm³/mol. The van der Waals surface area contributed by atoms with Crippen molar-refractivity contribution < 1.29 is 0 Å². The van der Waals surface area contributed by atoms with E-state index >= 15 is 0 Å². The molecule has 0 aliphatic carbocycles. The standard InChI is InChI=1S/C6H5ClN4O/c1-11-2-8-3-4(11)9-6(7)10-5(3)12/h2H,1H3,(H,9,10,12). The molecule has 0 fully saturated rings. The SMILES string of the molecule is Cn1cnc2c(=O)[nH]c(Cl)nc21. The number of aromatic amines is 1. The normalized spacial score (nSPS) is 10.8. The Morgan fingerprint density at radius 1 is 1.67 bits per heavy atom. The number of halogens is 1. The van der Waals surface area contributed by atoms with Crippen molar-refractivity contribution in [2.75, 3.05) is 0 Å². The third-order valence-electron chi connectivity index (χ3n) is 1.54. The van der Waals surface area contributed by atoms with Crippen LogP contribution in [0, 0.1) is 0 Å². The molecule has 2 rings (SSSR count). The fourth-order valence-electron chi connectivity index (χ4n) is 0.990. The molecule has 0 bridgehead atoms. The first-order valence-electron chi connectivity index (χ1n) is 3.25. The van der Waals surface area contributed by atoms with Crippen molar-refractivity contribution in [3.8, 4) is 0 Å². The maximum Gasteiger partial charge on any atom is 0.280 e. The lowest BCUT2D eigenvalue weighted by molar-refractivity contribution is 0.927. The Kier molecular flexibility index (Phi) is 1.41. The second kappa shape index (κ2) is 2.31. The summed E-state index contributed by atoms with van der Waals surface area (Å²) in [4.78, 5) is 21.3. The Morgan fingerprint density at radius 3 is 3.17 bits per heavy atom. The number of rotatable bonds is 0. The van der Waals surface area contributed by atoms with Gasteiger partial charge in [-0.3, -0.25) is 9.78 Å². The Labute approximate surface area is 72.0 Å². The Bertz CT molecular complexity index is 486. The van der Waals surface area contributed by atoms with E-state index in [9.17, 15) is 4.79 Å². The van der Waals surface area contributed by atoms with Crippen molar-refractivity contribution in [3.05, 3.63) is 22.0 Å². The molecule has 0 aliphatic rings. The minimum atomic E-state index is -0.314. The van der Waals surface area contributed by atoms with E-state index in [4.69, 9.17) is 11.6 Å². The van der Waals surface area contributed by atoms with Crippen molar-refractivity contribution in [2.45, 2.75) is 0 Å². The highest BCUT2D eigenvalue weighted by atomic mass is 35.5. The summed E-state index contributed by atoms with van der Waals surface area (Å²) >= 11 is 5.55. The molecule has 0 radical (unpaired) electrons. The van der Waals surface area contributed by atoms with Gasteiger partial charge in [0, 0.05) is 7.05 Å². The second-order valence-electron chi connectivity index (χ2n) is 2.38. The molecule has 0 aromatic carbocycles. The lowest BCUT2D eigenvalue weighted by Gasteiger charge is -1.92. The van der Waals surface area contributed by atoms with Gasteiger partial charge in [-0.1, -0.05) is 0 Å². The molecular weight excluding hydrogens is 180 g/mol. The van der Waals surface area contributed by atoms with Crippen LogP contribution in [0.5, 0.6) is 0 Å². The summed E-state index contributed by atoms with van der Waals surface area (Å²) in [6, 6.07) is 0. The van der Waals surface area contributed by atoms with Gasteiger partial charge in [0.15, 0.2) is 11.2 Å². The Morgan fingerprint density at radius 2 is 2.42 bits per heavy atom. The van der Waals surface area contributed by atoms with Crippen LogP contribution in [0.25, 0.3) is 11.2 Å². The van der Waals surface area contributed by atoms with Crippen LogP contribution in [0.2, 0.25) is 5.28 Å². The van der Waals surface area contributed by atoms with Gasteiger partial charge in [0.25, 0.3) is 5.56 Å². The van der Waals surface area contributed by atoms with Crippen LogP contribution in [-0.4, -0.2) is 19.5 Å². The van der Waals surface area contributed by atoms with Crippen LogP contribution in [0.15, 0.2) is 11.1 Å². The van der Waals surface area contributed by atoms with Crippen LogP contribution in [0.3, 0.4) is 0 Å². The number of hydrogen-bond acceptors (Lipinski definition) is 3. The van der Waals surface area contributed by atoms with Crippen molar-refractivity contribution in [2.24, 2.45) is 7.05 Å². The monoisotopic (exact) mass is 184 g/mol. The molecule has 1 N–H and O–H groups in total. The zero-order chi connectivity index (χ0) is 8.72. The average molecular weight is 185 g/mol. The fourth-order valence-corrected chi connectivity index (χ4v) is 1.16. The van der Waals surface area contributed by atoms with Crippen LogP contribution in [0.4, 0.5) is 0 Å². The lowest BCUT2D eigenvalue weighted by atomic mass is 10.5. The van der Waals surface area contributed by atoms with Gasteiger partial charge in [-0.05, 0) is 11.6 Å². The first-order valence-corrected chi connectivity index (χ1v) is 3.63. The predicted octanol–water partition coefficient (Wildman–Crippen LogP) is 0.310. The lowest BCUT2D eigenvalue weighted by Crippen LogP contribution is -2.08. The average Bonchev–Trinajstić information content (AvgIpc) is 2.33. The molecule has 0 amide bonds. The van der Waals surface area contributed by atoms with Gasteiger partial charge in [0.1, 0.15) is 0 Å². The maximum absolute atomic E-state index is 11.2. The largest absolute Gasteiger partial charge is 0.318 e. The molecule has 0 atom stereocenters. The summed E-state index contributed by atoms with van der Waals surface area (Å²) in [5.41, 5.74) is 0.483. The molecule has 12 heavy (non-hydrogen) atoms. The number of imidazole rings is 1. The van der Waals surface area contributed by atoms with E-state index in [0.29, 0.717) is 11.2 Å². The highest BCUT2D eigenvalue weighted by molar-refractivity contribution is 6.28. The van der Waals surface area contributed by atoms with Crippen LogP contribution in [0.1, 0.15) is 0 Å². The van der Waals surface area contributed by atoms with Gasteiger partial charge in [0.2, 0.25) is 5.28 Å². The number of aryl methyl sites for hydroxylation is 1. The zero-order valence-electron chi connectivity index (χ0n) is 6.21. The molecule has 2 aromatic heterocycles. The fraction of sp³-hybridized carbons (Fsp3) is 0.167. The summed E-state index contributed by atoms with van der Waals surface area (Å²) in [6.07, 6.45) is 1.52. The van der Waals surface area contributed by atoms with Gasteiger partial charge < -0.3 is 4.57 Å². The molecule has 0 spiro atoms. The number of nitrogens with one attached hydrogen (secondary N) is 1. The van der Waals surface area contributed by atoms with Crippen LogP contribution in [-0.2, 0) is 7.05 Å². The minimum absolute atomic E-state index is 0.0797. The summed E-state index contributed by atoms with van der Waals surface area (Å²) < 4.78 is 1.64. The maximum atomic E-state index is 11.2. The molecule has 2 aromatic rings. The first-order chi connectivity index (χ1) is 5.68. The molecule has 0 saturated heterocycles. The number of fused-ring (bicyclic) bond motifs is 1. The van der Waals surface area contributed by atoms with Gasteiger partial charge in [-0.25, -0.2) is 4.98 Å². The number of aromatic nitrogens is 4. The number of nitrogens with zero attached hydrogens (tertiary/aromatic N) is 3.